The van der Waals surface area contributed by atoms with Crippen LogP contribution in [0.4, 0.5) is 4.79 Å². The number of carbonyl (C=O) groups is 2. The van der Waals surface area contributed by atoms with E-state index >= 15 is 0 Å². The molecule has 4 fully saturated rings. The molecular weight excluding hydrogens is 474 g/mol. The van der Waals surface area contributed by atoms with Gasteiger partial charge in [0.1, 0.15) is 5.60 Å². The Morgan fingerprint density at radius 1 is 0.974 bits per heavy atom. The molecule has 6 heteroatoms. The molecule has 1 aliphatic carbocycles. The average Bonchev–Trinajstić information content (AvgIpc) is 3.17. The molecule has 5 rings (SSSR count). The molecule has 1 aromatic carbocycles. The van der Waals surface area contributed by atoms with Crippen molar-refractivity contribution >= 4 is 12.0 Å². The number of aryl methyl sites for hydroxylation is 2. The van der Waals surface area contributed by atoms with Crippen LogP contribution in [0.3, 0.4) is 0 Å². The topological polar surface area (TPSA) is 53.1 Å². The molecule has 1 spiro atoms. The zero-order valence-electron chi connectivity index (χ0n) is 24.1. The van der Waals surface area contributed by atoms with Crippen molar-refractivity contribution in [3.8, 4) is 0 Å². The number of carbonyl (C=O) groups excluding carboxylic acids is 2. The molecule has 0 bridgehead atoms. The third-order valence-corrected chi connectivity index (χ3v) is 10.1. The summed E-state index contributed by atoms with van der Waals surface area (Å²) in [7, 11) is 0. The standard InChI is InChI=1S/C32H49N3O3/c1-4-5-14-28-32(38-31(37)35(28)23-26-12-7-6-8-13-26)17-21-33(22-18-32)27-15-19-34(20-16-27)30(36)29-24(2)10-9-11-25(29)3/h9-11,26-28H,4-8,12-23H2,1-3H3/t28-/m1/s1. The lowest BCUT2D eigenvalue weighted by Gasteiger charge is -2.46. The van der Waals surface area contributed by atoms with Gasteiger partial charge in [-0.05, 0) is 63.0 Å². The van der Waals surface area contributed by atoms with E-state index < -0.39 is 0 Å². The predicted molar refractivity (Wildman–Crippen MR) is 151 cm³/mol. The van der Waals surface area contributed by atoms with Crippen molar-refractivity contribution in [1.29, 1.82) is 0 Å². The van der Waals surface area contributed by atoms with Crippen LogP contribution in [0.5, 0.6) is 0 Å². The number of benzene rings is 1. The van der Waals surface area contributed by atoms with E-state index in [1.54, 1.807) is 0 Å². The molecule has 1 atom stereocenters. The number of rotatable bonds is 7. The number of nitrogens with zero attached hydrogens (tertiary/aromatic N) is 3. The third-order valence-electron chi connectivity index (χ3n) is 10.1. The molecule has 0 N–H and O–H groups in total. The van der Waals surface area contributed by atoms with Crippen molar-refractivity contribution in [2.24, 2.45) is 5.92 Å². The van der Waals surface area contributed by atoms with Crippen LogP contribution in [0, 0.1) is 19.8 Å². The lowest BCUT2D eigenvalue weighted by atomic mass is 9.80. The van der Waals surface area contributed by atoms with Crippen molar-refractivity contribution in [3.05, 3.63) is 34.9 Å². The summed E-state index contributed by atoms with van der Waals surface area (Å²) >= 11 is 0. The molecule has 6 nitrogen and oxygen atoms in total. The minimum Gasteiger partial charge on any atom is -0.440 e. The fraction of sp³-hybridized carbons (Fsp3) is 0.750. The van der Waals surface area contributed by atoms with E-state index in [1.807, 2.05) is 32.0 Å². The number of amides is 2. The van der Waals surface area contributed by atoms with Crippen molar-refractivity contribution in [2.45, 2.75) is 116 Å². The molecule has 1 saturated carbocycles. The Bertz CT molecular complexity index is 952. The average molecular weight is 524 g/mol. The second kappa shape index (κ2) is 12.0. The summed E-state index contributed by atoms with van der Waals surface area (Å²) in [5.41, 5.74) is 2.71. The van der Waals surface area contributed by atoms with Crippen molar-refractivity contribution in [3.63, 3.8) is 0 Å². The first-order chi connectivity index (χ1) is 18.4. The molecule has 0 radical (unpaired) electrons. The van der Waals surface area contributed by atoms with Gasteiger partial charge in [0.15, 0.2) is 0 Å². The highest BCUT2D eigenvalue weighted by Crippen LogP contribution is 2.43. The smallest absolute Gasteiger partial charge is 0.410 e. The molecule has 0 aromatic heterocycles. The summed E-state index contributed by atoms with van der Waals surface area (Å²) in [4.78, 5) is 33.3. The first-order valence-electron chi connectivity index (χ1n) is 15.5. The van der Waals surface area contributed by atoms with Gasteiger partial charge in [-0.3, -0.25) is 9.69 Å². The van der Waals surface area contributed by atoms with Gasteiger partial charge in [0, 0.05) is 57.2 Å². The quantitative estimate of drug-likeness (QED) is 0.419. The molecule has 4 aliphatic rings. The van der Waals surface area contributed by atoms with E-state index in [0.717, 1.165) is 94.4 Å². The summed E-state index contributed by atoms with van der Waals surface area (Å²) in [5, 5.41) is 0. The summed E-state index contributed by atoms with van der Waals surface area (Å²) in [6.07, 6.45) is 13.7. The Balaban J connectivity index is 1.18. The van der Waals surface area contributed by atoms with E-state index in [2.05, 4.69) is 21.6 Å². The maximum atomic E-state index is 13.3. The van der Waals surface area contributed by atoms with Gasteiger partial charge in [0.2, 0.25) is 0 Å². The monoisotopic (exact) mass is 523 g/mol. The number of ether oxygens (including phenoxy) is 1. The first kappa shape index (κ1) is 27.5. The van der Waals surface area contributed by atoms with Gasteiger partial charge < -0.3 is 14.5 Å². The number of hydrogen-bond donors (Lipinski definition) is 0. The zero-order chi connectivity index (χ0) is 26.7. The highest BCUT2D eigenvalue weighted by Gasteiger charge is 2.55. The molecule has 3 aliphatic heterocycles. The SMILES string of the molecule is CCCC[C@H]1N(CC2CCCCC2)C(=O)OC12CCN(C1CCN(C(=O)c3c(C)cccc3C)CC1)CC2. The van der Waals surface area contributed by atoms with Gasteiger partial charge in [0.05, 0.1) is 6.04 Å². The Morgan fingerprint density at radius 2 is 1.63 bits per heavy atom. The summed E-state index contributed by atoms with van der Waals surface area (Å²) in [6, 6.07) is 6.85. The van der Waals surface area contributed by atoms with Crippen molar-refractivity contribution < 1.29 is 14.3 Å². The molecule has 0 unspecified atom stereocenters. The van der Waals surface area contributed by atoms with Crippen LogP contribution in [0.2, 0.25) is 0 Å². The summed E-state index contributed by atoms with van der Waals surface area (Å²) in [5.74, 6) is 0.832. The van der Waals surface area contributed by atoms with Gasteiger partial charge in [0.25, 0.3) is 5.91 Å². The van der Waals surface area contributed by atoms with E-state index in [0.29, 0.717) is 12.0 Å². The van der Waals surface area contributed by atoms with E-state index in [4.69, 9.17) is 4.74 Å². The number of hydrogen-bond acceptors (Lipinski definition) is 4. The van der Waals surface area contributed by atoms with Crippen LogP contribution >= 0.6 is 0 Å². The van der Waals surface area contributed by atoms with Crippen LogP contribution in [0.25, 0.3) is 0 Å². The van der Waals surface area contributed by atoms with Gasteiger partial charge in [-0.25, -0.2) is 4.79 Å². The second-order valence-corrected chi connectivity index (χ2v) is 12.6. The van der Waals surface area contributed by atoms with Crippen molar-refractivity contribution in [2.75, 3.05) is 32.7 Å². The van der Waals surface area contributed by atoms with E-state index in [-0.39, 0.29) is 23.6 Å². The van der Waals surface area contributed by atoms with Gasteiger partial charge in [-0.1, -0.05) is 57.2 Å². The van der Waals surface area contributed by atoms with Gasteiger partial charge in [-0.15, -0.1) is 0 Å². The minimum absolute atomic E-state index is 0.0524. The highest BCUT2D eigenvalue weighted by molar-refractivity contribution is 5.97. The Hall–Kier alpha value is -2.08. The summed E-state index contributed by atoms with van der Waals surface area (Å²) in [6.45, 7) is 10.8. The molecule has 2 amide bonds. The maximum absolute atomic E-state index is 13.3. The molecule has 1 aromatic rings. The molecule has 210 valence electrons. The Kier molecular flexibility index (Phi) is 8.66. The number of likely N-dealkylation sites (tertiary alicyclic amines) is 2. The molecular formula is C32H49N3O3. The third kappa shape index (κ3) is 5.61. The summed E-state index contributed by atoms with van der Waals surface area (Å²) < 4.78 is 6.32. The van der Waals surface area contributed by atoms with E-state index in [1.165, 1.54) is 32.1 Å². The van der Waals surface area contributed by atoms with Gasteiger partial charge >= 0.3 is 6.09 Å². The van der Waals surface area contributed by atoms with Crippen molar-refractivity contribution in [1.82, 2.24) is 14.7 Å². The lowest BCUT2D eigenvalue weighted by Crippen LogP contribution is -2.56. The maximum Gasteiger partial charge on any atom is 0.410 e. The zero-order valence-corrected chi connectivity index (χ0v) is 24.1. The molecule has 3 saturated heterocycles. The van der Waals surface area contributed by atoms with Gasteiger partial charge in [-0.2, -0.15) is 0 Å². The molecule has 3 heterocycles. The Labute approximate surface area is 230 Å². The van der Waals surface area contributed by atoms with Crippen LogP contribution in [0.15, 0.2) is 18.2 Å². The van der Waals surface area contributed by atoms with Crippen LogP contribution in [0.1, 0.15) is 105 Å². The predicted octanol–water partition coefficient (Wildman–Crippen LogP) is 6.33. The highest BCUT2D eigenvalue weighted by atomic mass is 16.6. The van der Waals surface area contributed by atoms with Crippen LogP contribution in [-0.2, 0) is 4.74 Å². The van der Waals surface area contributed by atoms with E-state index in [9.17, 15) is 9.59 Å². The fourth-order valence-electron chi connectivity index (χ4n) is 7.82. The first-order valence-corrected chi connectivity index (χ1v) is 15.5. The number of unbranched alkanes of at least 4 members (excludes halogenated alkanes) is 1. The lowest BCUT2D eigenvalue weighted by molar-refractivity contribution is -0.0385. The second-order valence-electron chi connectivity index (χ2n) is 12.6. The van der Waals surface area contributed by atoms with Crippen LogP contribution < -0.4 is 0 Å². The Morgan fingerprint density at radius 3 is 2.26 bits per heavy atom. The normalized spacial score (nSPS) is 25.2. The minimum atomic E-state index is -0.309. The largest absolute Gasteiger partial charge is 0.440 e. The van der Waals surface area contributed by atoms with Crippen LogP contribution in [-0.4, -0.2) is 77.1 Å². The fourth-order valence-corrected chi connectivity index (χ4v) is 7.82. The number of piperidine rings is 2. The molecule has 38 heavy (non-hydrogen) atoms.